The maximum absolute atomic E-state index is 11.2. The number of nitrogens with zero attached hydrogens (tertiary/aromatic N) is 3. The van der Waals surface area contributed by atoms with Crippen LogP contribution in [0.25, 0.3) is 10.9 Å². The number of hydrogen-bond acceptors (Lipinski definition) is 4. The molecule has 0 amide bonds. The van der Waals surface area contributed by atoms with Gasteiger partial charge in [-0.3, -0.25) is 9.58 Å². The van der Waals surface area contributed by atoms with Gasteiger partial charge in [0.25, 0.3) is 0 Å². The van der Waals surface area contributed by atoms with E-state index in [9.17, 15) is 9.90 Å². The molecule has 1 aliphatic carbocycles. The average molecular weight is 601 g/mol. The maximum atomic E-state index is 11.2. The van der Waals surface area contributed by atoms with E-state index >= 15 is 0 Å². The van der Waals surface area contributed by atoms with E-state index in [1.807, 2.05) is 24.3 Å². The molecule has 3 heterocycles. The van der Waals surface area contributed by atoms with Crippen LogP contribution in [0.5, 0.6) is 0 Å². The van der Waals surface area contributed by atoms with Crippen LogP contribution in [0.1, 0.15) is 82.3 Å². The second-order valence-electron chi connectivity index (χ2n) is 11.5. The van der Waals surface area contributed by atoms with E-state index < -0.39 is 5.97 Å². The molecule has 6 nitrogen and oxygen atoms in total. The molecule has 0 bridgehead atoms. The van der Waals surface area contributed by atoms with Gasteiger partial charge < -0.3 is 9.52 Å². The third-order valence-electron chi connectivity index (χ3n) is 8.62. The van der Waals surface area contributed by atoms with Gasteiger partial charge in [-0.05, 0) is 104 Å². The lowest BCUT2D eigenvalue weighted by molar-refractivity contribution is 0.0657. The Kier molecular flexibility index (Phi) is 7.30. The predicted octanol–water partition coefficient (Wildman–Crippen LogP) is 8.53. The van der Waals surface area contributed by atoms with Gasteiger partial charge >= 0.3 is 5.97 Å². The Morgan fingerprint density at radius 2 is 1.48 bits per heavy atom. The van der Waals surface area contributed by atoms with Crippen molar-refractivity contribution in [1.82, 2.24) is 14.7 Å². The summed E-state index contributed by atoms with van der Waals surface area (Å²) in [6.07, 6.45) is 4.38. The third-order valence-corrected chi connectivity index (χ3v) is 9.12. The Labute approximate surface area is 254 Å². The molecule has 5 aromatic rings. The number of piperidine rings is 1. The second-order valence-corrected chi connectivity index (χ2v) is 12.4. The molecule has 0 radical (unpaired) electrons. The lowest BCUT2D eigenvalue weighted by Crippen LogP contribution is -2.33. The van der Waals surface area contributed by atoms with Gasteiger partial charge in [0, 0.05) is 33.0 Å². The van der Waals surface area contributed by atoms with Crippen LogP contribution in [0, 0.1) is 0 Å². The Hall–Kier alpha value is -3.58. The van der Waals surface area contributed by atoms with Crippen LogP contribution in [-0.2, 0) is 6.54 Å². The van der Waals surface area contributed by atoms with Gasteiger partial charge in [-0.2, -0.15) is 5.10 Å². The van der Waals surface area contributed by atoms with E-state index in [2.05, 4.69) is 52.0 Å². The summed E-state index contributed by atoms with van der Waals surface area (Å²) >= 11 is 12.5. The molecule has 214 valence electrons. The fraction of sp³-hybridized carbons (Fsp3) is 0.294. The van der Waals surface area contributed by atoms with E-state index in [0.717, 1.165) is 41.5 Å². The van der Waals surface area contributed by atoms with E-state index in [0.29, 0.717) is 24.3 Å². The first-order valence-corrected chi connectivity index (χ1v) is 15.3. The lowest BCUT2D eigenvalue weighted by atomic mass is 9.84. The first-order chi connectivity index (χ1) is 20.4. The highest BCUT2D eigenvalue weighted by molar-refractivity contribution is 6.30. The maximum Gasteiger partial charge on any atom is 0.371 e. The van der Waals surface area contributed by atoms with Gasteiger partial charge in [-0.1, -0.05) is 53.5 Å². The van der Waals surface area contributed by atoms with Crippen LogP contribution in [0.15, 0.2) is 83.3 Å². The van der Waals surface area contributed by atoms with E-state index in [1.54, 1.807) is 6.07 Å². The Balaban J connectivity index is 1.21. The molecule has 1 aliphatic heterocycles. The summed E-state index contributed by atoms with van der Waals surface area (Å²) in [7, 11) is 0. The highest BCUT2D eigenvalue weighted by Gasteiger charge is 2.33. The fourth-order valence-electron chi connectivity index (χ4n) is 6.37. The summed E-state index contributed by atoms with van der Waals surface area (Å²) in [5.41, 5.74) is 5.97. The smallest absolute Gasteiger partial charge is 0.371 e. The number of benzene rings is 3. The number of rotatable bonds is 8. The van der Waals surface area contributed by atoms with Crippen LogP contribution in [-0.4, -0.2) is 38.8 Å². The molecule has 0 atom stereocenters. The van der Waals surface area contributed by atoms with Crippen molar-refractivity contribution in [3.05, 3.63) is 123 Å². The van der Waals surface area contributed by atoms with E-state index in [4.69, 9.17) is 32.7 Å². The standard InChI is InChI=1S/C34H31Cl2N3O3/c35-25-6-1-21(2-7-25)32(22-3-8-26(36)9-4-22)24-5-13-30-29(19-24)33(39(37-30)27-10-11-27)23-15-17-38(18-16-23)20-28-12-14-31(42-28)34(40)41/h1-9,12-14,19,23,27,32H,10-11,15-18,20H2,(H,40,41). The zero-order chi connectivity index (χ0) is 28.8. The van der Waals surface area contributed by atoms with Crippen molar-refractivity contribution in [2.24, 2.45) is 0 Å². The minimum absolute atomic E-state index is 0.00833. The minimum Gasteiger partial charge on any atom is -0.475 e. The van der Waals surface area contributed by atoms with Crippen molar-refractivity contribution in [3.63, 3.8) is 0 Å². The number of fused-ring (bicyclic) bond motifs is 1. The highest BCUT2D eigenvalue weighted by Crippen LogP contribution is 2.43. The number of aromatic nitrogens is 2. The van der Waals surface area contributed by atoms with Crippen LogP contribution < -0.4 is 0 Å². The van der Waals surface area contributed by atoms with Gasteiger partial charge in [0.2, 0.25) is 5.76 Å². The average Bonchev–Trinajstić information content (AvgIpc) is 3.61. The number of carboxylic acid groups (broad SMARTS) is 1. The summed E-state index contributed by atoms with van der Waals surface area (Å²) in [4.78, 5) is 13.6. The van der Waals surface area contributed by atoms with Crippen molar-refractivity contribution in [2.75, 3.05) is 13.1 Å². The Morgan fingerprint density at radius 1 is 0.857 bits per heavy atom. The molecule has 8 heteroatoms. The highest BCUT2D eigenvalue weighted by atomic mass is 35.5. The molecule has 42 heavy (non-hydrogen) atoms. The zero-order valence-electron chi connectivity index (χ0n) is 23.0. The monoisotopic (exact) mass is 599 g/mol. The van der Waals surface area contributed by atoms with Crippen molar-refractivity contribution in [3.8, 4) is 0 Å². The summed E-state index contributed by atoms with van der Waals surface area (Å²) in [6.45, 7) is 2.46. The van der Waals surface area contributed by atoms with Crippen molar-refractivity contribution < 1.29 is 14.3 Å². The number of likely N-dealkylation sites (tertiary alicyclic amines) is 1. The van der Waals surface area contributed by atoms with Crippen molar-refractivity contribution >= 4 is 40.1 Å². The largest absolute Gasteiger partial charge is 0.475 e. The normalized spacial score (nSPS) is 16.5. The molecule has 3 aromatic carbocycles. The molecule has 1 N–H and O–H groups in total. The van der Waals surface area contributed by atoms with Crippen LogP contribution in [0.4, 0.5) is 0 Å². The second kappa shape index (κ2) is 11.3. The molecule has 2 aliphatic rings. The summed E-state index contributed by atoms with van der Waals surface area (Å²) < 4.78 is 7.83. The number of hydrogen-bond donors (Lipinski definition) is 1. The van der Waals surface area contributed by atoms with Gasteiger partial charge in [-0.15, -0.1) is 0 Å². The molecule has 2 aromatic heterocycles. The third kappa shape index (κ3) is 5.47. The zero-order valence-corrected chi connectivity index (χ0v) is 24.6. The predicted molar refractivity (Wildman–Crippen MR) is 165 cm³/mol. The molecule has 1 saturated heterocycles. The van der Waals surface area contributed by atoms with Crippen LogP contribution >= 0.6 is 23.2 Å². The molecule has 1 saturated carbocycles. The summed E-state index contributed by atoms with van der Waals surface area (Å²) in [5.74, 6) is 0.0870. The fourth-order valence-corrected chi connectivity index (χ4v) is 6.63. The first kappa shape index (κ1) is 27.3. The Bertz CT molecular complexity index is 1690. The molecule has 7 rings (SSSR count). The van der Waals surface area contributed by atoms with Gasteiger partial charge in [0.1, 0.15) is 5.76 Å². The first-order valence-electron chi connectivity index (χ1n) is 14.5. The Morgan fingerprint density at radius 3 is 2.05 bits per heavy atom. The lowest BCUT2D eigenvalue weighted by Gasteiger charge is -2.32. The van der Waals surface area contributed by atoms with Crippen LogP contribution in [0.3, 0.4) is 0 Å². The minimum atomic E-state index is -1.03. The molecule has 0 spiro atoms. The number of carbonyl (C=O) groups is 1. The topological polar surface area (TPSA) is 71.5 Å². The van der Waals surface area contributed by atoms with Gasteiger partial charge in [0.05, 0.1) is 18.1 Å². The van der Waals surface area contributed by atoms with E-state index in [1.165, 1.54) is 46.7 Å². The van der Waals surface area contributed by atoms with Gasteiger partial charge in [0.15, 0.2) is 0 Å². The van der Waals surface area contributed by atoms with E-state index in [-0.39, 0.29) is 11.7 Å². The van der Waals surface area contributed by atoms with Crippen LogP contribution in [0.2, 0.25) is 10.0 Å². The van der Waals surface area contributed by atoms with Gasteiger partial charge in [-0.25, -0.2) is 4.79 Å². The molecular weight excluding hydrogens is 569 g/mol. The number of aromatic carboxylic acids is 1. The number of carboxylic acids is 1. The number of furan rings is 1. The quantitative estimate of drug-likeness (QED) is 0.181. The molecule has 2 fully saturated rings. The SMILES string of the molecule is O=C(O)c1ccc(CN2CCC(c3c4cc(C(c5ccc(Cl)cc5)c5ccc(Cl)cc5)ccc4nn3C3CC3)CC2)o1. The van der Waals surface area contributed by atoms with Crippen molar-refractivity contribution in [1.29, 1.82) is 0 Å². The molecular formula is C34H31Cl2N3O3. The van der Waals surface area contributed by atoms with Crippen molar-refractivity contribution in [2.45, 2.75) is 50.1 Å². The molecule has 0 unspecified atom stereocenters. The number of halogens is 2. The summed E-state index contributed by atoms with van der Waals surface area (Å²) in [6, 6.07) is 26.8. The summed E-state index contributed by atoms with van der Waals surface area (Å²) in [5, 5.41) is 17.0.